The molecule has 168 valence electrons. The molecule has 1 aromatic carbocycles. The second kappa shape index (κ2) is 10.6. The summed E-state index contributed by atoms with van der Waals surface area (Å²) in [5.41, 5.74) is 6.19. The number of hydrogen-bond acceptors (Lipinski definition) is 7. The minimum Gasteiger partial charge on any atom is -0.482 e. The lowest BCUT2D eigenvalue weighted by molar-refractivity contribution is -0.142. The van der Waals surface area contributed by atoms with Crippen molar-refractivity contribution in [3.8, 4) is 11.5 Å². The molecule has 0 radical (unpaired) electrons. The molecular formula is C24H31NO6. The van der Waals surface area contributed by atoms with Crippen molar-refractivity contribution in [3.63, 3.8) is 0 Å². The Kier molecular flexibility index (Phi) is 7.87. The Balaban J connectivity index is 1.86. The first-order valence-corrected chi connectivity index (χ1v) is 10.5. The monoisotopic (exact) mass is 429 g/mol. The van der Waals surface area contributed by atoms with Crippen LogP contribution in [0.2, 0.25) is 0 Å². The van der Waals surface area contributed by atoms with Gasteiger partial charge in [-0.25, -0.2) is 4.79 Å². The van der Waals surface area contributed by atoms with E-state index in [9.17, 15) is 4.79 Å². The molecule has 7 nitrogen and oxygen atoms in total. The molecular weight excluding hydrogens is 398 g/mol. The molecule has 0 spiro atoms. The van der Waals surface area contributed by atoms with Crippen LogP contribution < -0.4 is 9.47 Å². The summed E-state index contributed by atoms with van der Waals surface area (Å²) in [7, 11) is 2.95. The van der Waals surface area contributed by atoms with Crippen molar-refractivity contribution in [1.29, 1.82) is 0 Å². The first-order valence-electron chi connectivity index (χ1n) is 10.5. The summed E-state index contributed by atoms with van der Waals surface area (Å²) in [6.07, 6.45) is 2.58. The fourth-order valence-corrected chi connectivity index (χ4v) is 3.77. The summed E-state index contributed by atoms with van der Waals surface area (Å²) in [6, 6.07) is 5.90. The average molecular weight is 430 g/mol. The molecule has 1 aliphatic heterocycles. The molecule has 0 amide bonds. The number of aromatic nitrogens is 1. The maximum atomic E-state index is 11.4. The average Bonchev–Trinajstić information content (AvgIpc) is 3.31. The highest BCUT2D eigenvalue weighted by molar-refractivity contribution is 5.71. The van der Waals surface area contributed by atoms with Gasteiger partial charge >= 0.3 is 5.97 Å². The molecule has 0 N–H and O–H groups in total. The van der Waals surface area contributed by atoms with E-state index < -0.39 is 5.97 Å². The van der Waals surface area contributed by atoms with Gasteiger partial charge in [-0.3, -0.25) is 4.98 Å². The van der Waals surface area contributed by atoms with Gasteiger partial charge in [0, 0.05) is 25.8 Å². The molecule has 1 fully saturated rings. The van der Waals surface area contributed by atoms with Crippen LogP contribution >= 0.6 is 0 Å². The van der Waals surface area contributed by atoms with Gasteiger partial charge < -0.3 is 23.7 Å². The normalized spacial score (nSPS) is 15.7. The summed E-state index contributed by atoms with van der Waals surface area (Å²) >= 11 is 0. The van der Waals surface area contributed by atoms with Gasteiger partial charge in [0.2, 0.25) is 0 Å². The molecule has 1 aromatic heterocycles. The zero-order valence-electron chi connectivity index (χ0n) is 18.9. The molecule has 1 saturated heterocycles. The van der Waals surface area contributed by atoms with Crippen LogP contribution in [0.4, 0.5) is 0 Å². The maximum Gasteiger partial charge on any atom is 0.343 e. The fraction of sp³-hybridized carbons (Fsp3) is 0.500. The van der Waals surface area contributed by atoms with Crippen molar-refractivity contribution >= 4 is 5.97 Å². The first kappa shape index (κ1) is 23.0. The van der Waals surface area contributed by atoms with Gasteiger partial charge in [0.25, 0.3) is 0 Å². The predicted octanol–water partition coefficient (Wildman–Crippen LogP) is 3.98. The largest absolute Gasteiger partial charge is 0.482 e. The molecule has 3 rings (SSSR count). The lowest BCUT2D eigenvalue weighted by atomic mass is 9.93. The number of hydrogen-bond donors (Lipinski definition) is 0. The van der Waals surface area contributed by atoms with E-state index in [0.29, 0.717) is 17.9 Å². The number of nitrogens with zero attached hydrogens (tertiary/aromatic N) is 1. The van der Waals surface area contributed by atoms with Gasteiger partial charge in [-0.1, -0.05) is 0 Å². The number of methoxy groups -OCH3 is 2. The molecule has 0 bridgehead atoms. The fourth-order valence-electron chi connectivity index (χ4n) is 3.77. The van der Waals surface area contributed by atoms with Crippen molar-refractivity contribution in [2.45, 2.75) is 46.1 Å². The third kappa shape index (κ3) is 5.54. The standard InChI is InChI=1S/C24H31NO6/c1-15-11-22(30-13-23(26)28-5)17(3)16(2)19(15)12-18-8-9-21(31-14-27-4)24(25-18)20-7-6-10-29-20/h8-9,11,20H,6-7,10,12-14H2,1-5H3. The van der Waals surface area contributed by atoms with Gasteiger partial charge in [-0.05, 0) is 74.1 Å². The molecule has 1 aliphatic rings. The highest BCUT2D eigenvalue weighted by Crippen LogP contribution is 2.35. The molecule has 1 atom stereocenters. The molecule has 31 heavy (non-hydrogen) atoms. The Bertz CT molecular complexity index is 921. The Morgan fingerprint density at radius 3 is 2.61 bits per heavy atom. The van der Waals surface area contributed by atoms with E-state index in [1.165, 1.54) is 12.7 Å². The summed E-state index contributed by atoms with van der Waals surface area (Å²) in [5, 5.41) is 0. The lowest BCUT2D eigenvalue weighted by Crippen LogP contribution is -2.14. The van der Waals surface area contributed by atoms with E-state index >= 15 is 0 Å². The van der Waals surface area contributed by atoms with Gasteiger partial charge in [0.1, 0.15) is 23.3 Å². The van der Waals surface area contributed by atoms with Crippen LogP contribution in [0.1, 0.15) is 52.6 Å². The molecule has 0 saturated carbocycles. The van der Waals surface area contributed by atoms with Crippen molar-refractivity contribution in [3.05, 3.63) is 51.8 Å². The van der Waals surface area contributed by atoms with E-state index in [4.69, 9.17) is 23.9 Å². The van der Waals surface area contributed by atoms with Gasteiger partial charge in [0.05, 0.1) is 7.11 Å². The second-order valence-corrected chi connectivity index (χ2v) is 7.70. The van der Waals surface area contributed by atoms with Crippen molar-refractivity contribution in [2.24, 2.45) is 0 Å². The number of carbonyl (C=O) groups is 1. The minimum absolute atomic E-state index is 0.0511. The number of benzene rings is 1. The van der Waals surface area contributed by atoms with E-state index in [0.717, 1.165) is 47.5 Å². The zero-order valence-corrected chi connectivity index (χ0v) is 18.9. The Morgan fingerprint density at radius 2 is 1.94 bits per heavy atom. The predicted molar refractivity (Wildman–Crippen MR) is 116 cm³/mol. The Labute approximate surface area is 183 Å². The number of rotatable bonds is 9. The third-order valence-corrected chi connectivity index (χ3v) is 5.65. The summed E-state index contributed by atoms with van der Waals surface area (Å²) < 4.78 is 27.0. The quantitative estimate of drug-likeness (QED) is 0.441. The van der Waals surface area contributed by atoms with Crippen molar-refractivity contribution in [1.82, 2.24) is 4.98 Å². The summed E-state index contributed by atoms with van der Waals surface area (Å²) in [6.45, 7) is 6.92. The highest BCUT2D eigenvalue weighted by atomic mass is 16.7. The number of esters is 1. The first-order chi connectivity index (χ1) is 14.9. The zero-order chi connectivity index (χ0) is 22.4. The smallest absolute Gasteiger partial charge is 0.343 e. The molecule has 1 unspecified atom stereocenters. The van der Waals surface area contributed by atoms with Crippen molar-refractivity contribution < 1.29 is 28.5 Å². The Hall–Kier alpha value is -2.64. The van der Waals surface area contributed by atoms with Crippen LogP contribution in [-0.2, 0) is 25.4 Å². The van der Waals surface area contributed by atoms with E-state index in [-0.39, 0.29) is 19.5 Å². The third-order valence-electron chi connectivity index (χ3n) is 5.65. The number of carbonyl (C=O) groups excluding carboxylic acids is 1. The van der Waals surface area contributed by atoms with E-state index in [1.54, 1.807) is 7.11 Å². The maximum absolute atomic E-state index is 11.4. The minimum atomic E-state index is -0.402. The van der Waals surface area contributed by atoms with Gasteiger partial charge in [0.15, 0.2) is 13.4 Å². The van der Waals surface area contributed by atoms with Crippen LogP contribution in [0, 0.1) is 20.8 Å². The van der Waals surface area contributed by atoms with Crippen LogP contribution in [0.5, 0.6) is 11.5 Å². The van der Waals surface area contributed by atoms with Crippen LogP contribution in [0.15, 0.2) is 18.2 Å². The van der Waals surface area contributed by atoms with E-state index in [1.807, 2.05) is 32.0 Å². The van der Waals surface area contributed by atoms with Crippen LogP contribution in [0.25, 0.3) is 0 Å². The van der Waals surface area contributed by atoms with Crippen molar-refractivity contribution in [2.75, 3.05) is 34.2 Å². The summed E-state index contributed by atoms with van der Waals surface area (Å²) in [5.74, 6) is 0.995. The van der Waals surface area contributed by atoms with Gasteiger partial charge in [-0.15, -0.1) is 0 Å². The SMILES string of the molecule is COCOc1ccc(Cc2c(C)cc(OCC(=O)OC)c(C)c2C)nc1C1CCCO1. The number of ether oxygens (including phenoxy) is 5. The highest BCUT2D eigenvalue weighted by Gasteiger charge is 2.24. The van der Waals surface area contributed by atoms with Gasteiger partial charge in [-0.2, -0.15) is 0 Å². The molecule has 7 heteroatoms. The van der Waals surface area contributed by atoms with E-state index in [2.05, 4.69) is 11.7 Å². The lowest BCUT2D eigenvalue weighted by Gasteiger charge is -2.19. The molecule has 2 aromatic rings. The Morgan fingerprint density at radius 1 is 1.13 bits per heavy atom. The molecule has 0 aliphatic carbocycles. The van der Waals surface area contributed by atoms with Crippen LogP contribution in [0.3, 0.4) is 0 Å². The summed E-state index contributed by atoms with van der Waals surface area (Å²) in [4.78, 5) is 16.3. The number of aryl methyl sites for hydroxylation is 1. The van der Waals surface area contributed by atoms with Crippen LogP contribution in [-0.4, -0.2) is 45.2 Å². The second-order valence-electron chi connectivity index (χ2n) is 7.70. The topological polar surface area (TPSA) is 76.1 Å². The number of pyridine rings is 1. The molecule has 2 heterocycles.